The summed E-state index contributed by atoms with van der Waals surface area (Å²) in [7, 11) is 0. The largest absolute Gasteiger partial charge is 0.342 e. The highest BCUT2D eigenvalue weighted by Crippen LogP contribution is 2.20. The molecule has 0 atom stereocenters. The maximum absolute atomic E-state index is 12.2. The van der Waals surface area contributed by atoms with E-state index in [2.05, 4.69) is 26.1 Å². The number of hydrogen-bond donors (Lipinski definition) is 1. The molecule has 1 rings (SSSR count). The minimum Gasteiger partial charge on any atom is -0.342 e. The Morgan fingerprint density at radius 3 is 2.38 bits per heavy atom. The number of nitrogens with zero attached hydrogens (tertiary/aromatic N) is 1. The molecule has 1 saturated heterocycles. The van der Waals surface area contributed by atoms with Gasteiger partial charge >= 0.3 is 0 Å². The normalized spacial score (nSPS) is 21.7. The summed E-state index contributed by atoms with van der Waals surface area (Å²) in [6, 6.07) is 0. The van der Waals surface area contributed by atoms with Gasteiger partial charge in [-0.25, -0.2) is 0 Å². The van der Waals surface area contributed by atoms with E-state index in [1.54, 1.807) is 18.7 Å². The van der Waals surface area contributed by atoms with Gasteiger partial charge in [-0.15, -0.1) is 0 Å². The van der Waals surface area contributed by atoms with E-state index in [-0.39, 0.29) is 17.2 Å². The van der Waals surface area contributed by atoms with E-state index in [1.807, 2.05) is 0 Å². The lowest BCUT2D eigenvalue weighted by Gasteiger charge is -2.33. The van der Waals surface area contributed by atoms with Gasteiger partial charge in [0.2, 0.25) is 11.8 Å². The van der Waals surface area contributed by atoms with Gasteiger partial charge < -0.3 is 10.2 Å². The highest BCUT2D eigenvalue weighted by molar-refractivity contribution is 5.92. The Labute approximate surface area is 97.4 Å². The van der Waals surface area contributed by atoms with E-state index in [1.165, 1.54) is 0 Å². The third-order valence-corrected chi connectivity index (χ3v) is 2.55. The summed E-state index contributed by atoms with van der Waals surface area (Å²) in [5.74, 6) is -0.0389. The summed E-state index contributed by atoms with van der Waals surface area (Å²) >= 11 is 0. The van der Waals surface area contributed by atoms with E-state index in [0.717, 1.165) is 0 Å². The van der Waals surface area contributed by atoms with Gasteiger partial charge in [0.05, 0.1) is 0 Å². The van der Waals surface area contributed by atoms with Gasteiger partial charge in [-0.3, -0.25) is 9.59 Å². The Balaban J connectivity index is 2.85. The van der Waals surface area contributed by atoms with Crippen molar-refractivity contribution in [3.63, 3.8) is 0 Å². The molecular weight excluding hydrogens is 204 g/mol. The van der Waals surface area contributed by atoms with Crippen LogP contribution >= 0.6 is 0 Å². The number of carbonyl (C=O) groups excluding carboxylic acids is 2. The molecule has 1 fully saturated rings. The molecule has 2 amide bonds. The summed E-state index contributed by atoms with van der Waals surface area (Å²) in [4.78, 5) is 25.5. The molecule has 0 radical (unpaired) electrons. The van der Waals surface area contributed by atoms with E-state index >= 15 is 0 Å². The summed E-state index contributed by atoms with van der Waals surface area (Å²) in [5.41, 5.74) is -0.724. The van der Waals surface area contributed by atoms with Crippen LogP contribution in [0.5, 0.6) is 0 Å². The summed E-state index contributed by atoms with van der Waals surface area (Å²) in [6.07, 6.45) is 0.394. The van der Waals surface area contributed by atoms with Crippen molar-refractivity contribution in [1.82, 2.24) is 10.2 Å². The van der Waals surface area contributed by atoms with E-state index in [0.29, 0.717) is 19.5 Å². The van der Waals surface area contributed by atoms with Crippen LogP contribution in [-0.4, -0.2) is 35.3 Å². The molecule has 4 nitrogen and oxygen atoms in total. The molecule has 0 aliphatic carbocycles. The van der Waals surface area contributed by atoms with E-state index < -0.39 is 5.54 Å². The molecule has 1 aliphatic heterocycles. The molecule has 0 bridgehead atoms. The zero-order valence-corrected chi connectivity index (χ0v) is 10.9. The van der Waals surface area contributed by atoms with Crippen LogP contribution in [0.4, 0.5) is 0 Å². The second-order valence-corrected chi connectivity index (χ2v) is 6.21. The number of hydrogen-bond acceptors (Lipinski definition) is 2. The van der Waals surface area contributed by atoms with Crippen LogP contribution in [0.1, 0.15) is 41.0 Å². The van der Waals surface area contributed by atoms with Gasteiger partial charge in [-0.1, -0.05) is 20.8 Å². The quantitative estimate of drug-likeness (QED) is 0.729. The zero-order valence-electron chi connectivity index (χ0n) is 10.9. The SMILES string of the molecule is CC(C)(C)CN1CCC(=O)NC(C)(C)C1=O. The fourth-order valence-corrected chi connectivity index (χ4v) is 1.92. The first kappa shape index (κ1) is 13.0. The molecular formula is C12H22N2O2. The molecule has 0 aromatic carbocycles. The smallest absolute Gasteiger partial charge is 0.247 e. The monoisotopic (exact) mass is 226 g/mol. The van der Waals surface area contributed by atoms with Crippen molar-refractivity contribution in [2.45, 2.75) is 46.6 Å². The average Bonchev–Trinajstić information content (AvgIpc) is 2.14. The van der Waals surface area contributed by atoms with Gasteiger partial charge in [0.1, 0.15) is 5.54 Å². The van der Waals surface area contributed by atoms with Crippen molar-refractivity contribution in [2.24, 2.45) is 5.41 Å². The Morgan fingerprint density at radius 2 is 1.88 bits per heavy atom. The molecule has 92 valence electrons. The molecule has 1 N–H and O–H groups in total. The number of nitrogens with one attached hydrogen (secondary N) is 1. The van der Waals surface area contributed by atoms with Crippen molar-refractivity contribution in [1.29, 1.82) is 0 Å². The third-order valence-electron chi connectivity index (χ3n) is 2.55. The Bertz CT molecular complexity index is 303. The van der Waals surface area contributed by atoms with Gasteiger partial charge in [0.15, 0.2) is 0 Å². The lowest BCUT2D eigenvalue weighted by atomic mass is 9.94. The lowest BCUT2D eigenvalue weighted by Crippen LogP contribution is -2.53. The first-order valence-electron chi connectivity index (χ1n) is 5.72. The molecule has 0 saturated carbocycles. The fraction of sp³-hybridized carbons (Fsp3) is 0.833. The van der Waals surface area contributed by atoms with Crippen LogP contribution in [-0.2, 0) is 9.59 Å². The van der Waals surface area contributed by atoms with Gasteiger partial charge in [-0.05, 0) is 19.3 Å². The zero-order chi connectivity index (χ0) is 12.6. The van der Waals surface area contributed by atoms with Crippen molar-refractivity contribution in [3.05, 3.63) is 0 Å². The molecule has 0 spiro atoms. The molecule has 0 aromatic rings. The standard InChI is InChI=1S/C12H22N2O2/c1-11(2,3)8-14-7-6-9(15)13-12(4,5)10(14)16/h6-8H2,1-5H3,(H,13,15). The van der Waals surface area contributed by atoms with Gasteiger partial charge in [0, 0.05) is 19.5 Å². The summed E-state index contributed by atoms with van der Waals surface area (Å²) < 4.78 is 0. The fourth-order valence-electron chi connectivity index (χ4n) is 1.92. The minimum absolute atomic E-state index is 0.00766. The highest BCUT2D eigenvalue weighted by Gasteiger charge is 2.37. The van der Waals surface area contributed by atoms with Crippen LogP contribution in [0, 0.1) is 5.41 Å². The highest BCUT2D eigenvalue weighted by atomic mass is 16.2. The number of carbonyl (C=O) groups is 2. The lowest BCUT2D eigenvalue weighted by molar-refractivity contribution is -0.138. The van der Waals surface area contributed by atoms with E-state index in [9.17, 15) is 9.59 Å². The predicted molar refractivity (Wildman–Crippen MR) is 62.9 cm³/mol. The summed E-state index contributed by atoms with van der Waals surface area (Å²) in [5, 5.41) is 2.75. The van der Waals surface area contributed by atoms with Crippen molar-refractivity contribution >= 4 is 11.8 Å². The average molecular weight is 226 g/mol. The molecule has 16 heavy (non-hydrogen) atoms. The Morgan fingerprint density at radius 1 is 1.31 bits per heavy atom. The second kappa shape index (κ2) is 4.07. The molecule has 4 heteroatoms. The molecule has 1 aliphatic rings. The van der Waals surface area contributed by atoms with Gasteiger partial charge in [0.25, 0.3) is 0 Å². The molecule has 0 unspecified atom stereocenters. The number of rotatable bonds is 1. The molecule has 0 aromatic heterocycles. The van der Waals surface area contributed by atoms with Crippen LogP contribution in [0.25, 0.3) is 0 Å². The third kappa shape index (κ3) is 3.22. The van der Waals surface area contributed by atoms with Gasteiger partial charge in [-0.2, -0.15) is 0 Å². The van der Waals surface area contributed by atoms with Crippen molar-refractivity contribution in [3.8, 4) is 0 Å². The predicted octanol–water partition coefficient (Wildman–Crippen LogP) is 1.16. The minimum atomic E-state index is -0.779. The van der Waals surface area contributed by atoms with E-state index in [4.69, 9.17) is 0 Å². The Kier molecular flexibility index (Phi) is 3.31. The van der Waals surface area contributed by atoms with Crippen LogP contribution < -0.4 is 5.32 Å². The molecule has 1 heterocycles. The topological polar surface area (TPSA) is 49.4 Å². The van der Waals surface area contributed by atoms with Crippen LogP contribution in [0.15, 0.2) is 0 Å². The first-order valence-corrected chi connectivity index (χ1v) is 5.72. The first-order chi connectivity index (χ1) is 7.12. The maximum atomic E-state index is 12.2. The summed E-state index contributed by atoms with van der Waals surface area (Å²) in [6.45, 7) is 11.0. The van der Waals surface area contributed by atoms with Crippen LogP contribution in [0.2, 0.25) is 0 Å². The number of amides is 2. The Hall–Kier alpha value is -1.06. The second-order valence-electron chi connectivity index (χ2n) is 6.21. The van der Waals surface area contributed by atoms with Crippen molar-refractivity contribution in [2.75, 3.05) is 13.1 Å². The van der Waals surface area contributed by atoms with Crippen molar-refractivity contribution < 1.29 is 9.59 Å². The maximum Gasteiger partial charge on any atom is 0.247 e. The van der Waals surface area contributed by atoms with Crippen LogP contribution in [0.3, 0.4) is 0 Å².